The quantitative estimate of drug-likeness (QED) is 0.923. The maximum absolute atomic E-state index is 11.9. The van der Waals surface area contributed by atoms with Crippen molar-refractivity contribution in [2.24, 2.45) is 0 Å². The molecule has 1 aliphatic rings. The van der Waals surface area contributed by atoms with Gasteiger partial charge >= 0.3 is 0 Å². The van der Waals surface area contributed by atoms with Crippen molar-refractivity contribution in [3.63, 3.8) is 0 Å². The first-order chi connectivity index (χ1) is 8.45. The maximum Gasteiger partial charge on any atom is 0.176 e. The zero-order valence-corrected chi connectivity index (χ0v) is 12.6. The third kappa shape index (κ3) is 2.46. The highest BCUT2D eigenvalue weighted by Gasteiger charge is 2.22. The Balaban J connectivity index is 2.76. The van der Waals surface area contributed by atoms with Gasteiger partial charge in [0.15, 0.2) is 9.84 Å². The highest BCUT2D eigenvalue weighted by atomic mass is 79.9. The van der Waals surface area contributed by atoms with E-state index in [1.807, 2.05) is 13.0 Å². The lowest BCUT2D eigenvalue weighted by Gasteiger charge is -2.15. The predicted octanol–water partition coefficient (Wildman–Crippen LogP) is 2.29. The van der Waals surface area contributed by atoms with E-state index in [2.05, 4.69) is 21.4 Å². The van der Waals surface area contributed by atoms with Crippen molar-refractivity contribution in [3.05, 3.63) is 33.8 Å². The van der Waals surface area contributed by atoms with Crippen molar-refractivity contribution >= 4 is 31.5 Å². The molecule has 0 fully saturated rings. The fourth-order valence-corrected chi connectivity index (χ4v) is 3.52. The van der Waals surface area contributed by atoms with E-state index in [1.165, 1.54) is 6.26 Å². The van der Waals surface area contributed by atoms with Crippen molar-refractivity contribution in [2.45, 2.75) is 18.2 Å². The van der Waals surface area contributed by atoms with E-state index < -0.39 is 9.84 Å². The van der Waals surface area contributed by atoms with Crippen LogP contribution in [0.25, 0.3) is 5.70 Å². The van der Waals surface area contributed by atoms with Gasteiger partial charge in [-0.1, -0.05) is 22.9 Å². The Hall–Kier alpha value is -0.850. The Kier molecular flexibility index (Phi) is 3.79. The Morgan fingerprint density at radius 1 is 1.44 bits per heavy atom. The molecule has 0 atom stereocenters. The van der Waals surface area contributed by atoms with Crippen molar-refractivity contribution in [1.29, 1.82) is 0 Å². The lowest BCUT2D eigenvalue weighted by Crippen LogP contribution is -2.12. The van der Waals surface area contributed by atoms with E-state index in [9.17, 15) is 8.42 Å². The molecule has 1 heterocycles. The number of sulfone groups is 1. The second-order valence-corrected chi connectivity index (χ2v) is 6.89. The standard InChI is InChI=1S/C12H14BrNO3S/c1-3-8-9(13)4-5-11(18(2,15)16)12(8)10-6-7-17-14-10/h4-6,14H,3,7H2,1-2H3. The molecule has 0 amide bonds. The summed E-state index contributed by atoms with van der Waals surface area (Å²) in [5.74, 6) is 0. The van der Waals surface area contributed by atoms with Gasteiger partial charge in [0.25, 0.3) is 0 Å². The first-order valence-corrected chi connectivity index (χ1v) is 8.23. The average Bonchev–Trinajstić information content (AvgIpc) is 2.79. The summed E-state index contributed by atoms with van der Waals surface area (Å²) in [5.41, 5.74) is 5.14. The normalized spacial score (nSPS) is 15.4. The van der Waals surface area contributed by atoms with Gasteiger partial charge in [-0.2, -0.15) is 0 Å². The average molecular weight is 332 g/mol. The van der Waals surface area contributed by atoms with E-state index in [4.69, 9.17) is 4.84 Å². The first kappa shape index (κ1) is 13.6. The van der Waals surface area contributed by atoms with Gasteiger partial charge in [0.05, 0.1) is 17.2 Å². The largest absolute Gasteiger partial charge is 0.272 e. The van der Waals surface area contributed by atoms with Crippen molar-refractivity contribution in [1.82, 2.24) is 5.48 Å². The molecule has 1 aromatic rings. The molecular weight excluding hydrogens is 318 g/mol. The van der Waals surface area contributed by atoms with Crippen molar-refractivity contribution in [2.75, 3.05) is 12.9 Å². The summed E-state index contributed by atoms with van der Waals surface area (Å²) >= 11 is 3.46. The summed E-state index contributed by atoms with van der Waals surface area (Å²) in [6.07, 6.45) is 3.80. The molecule has 4 nitrogen and oxygen atoms in total. The Morgan fingerprint density at radius 2 is 2.17 bits per heavy atom. The highest BCUT2D eigenvalue weighted by molar-refractivity contribution is 9.10. The molecule has 0 saturated heterocycles. The molecule has 0 bridgehead atoms. The van der Waals surface area contributed by atoms with Gasteiger partial charge in [-0.25, -0.2) is 8.42 Å². The van der Waals surface area contributed by atoms with Crippen LogP contribution in [0, 0.1) is 0 Å². The maximum atomic E-state index is 11.9. The van der Waals surface area contributed by atoms with Gasteiger partial charge in [0.1, 0.15) is 0 Å². The third-order valence-electron chi connectivity index (χ3n) is 2.79. The second kappa shape index (κ2) is 5.03. The smallest absolute Gasteiger partial charge is 0.176 e. The number of hydrogen-bond donors (Lipinski definition) is 1. The van der Waals surface area contributed by atoms with Gasteiger partial charge in [-0.05, 0) is 30.2 Å². The van der Waals surface area contributed by atoms with Gasteiger partial charge in [0.2, 0.25) is 0 Å². The molecule has 0 radical (unpaired) electrons. The summed E-state index contributed by atoms with van der Waals surface area (Å²) in [5, 5.41) is 0. The number of halogens is 1. The SMILES string of the molecule is CCc1c(Br)ccc(S(C)(=O)=O)c1C1=CCON1. The fourth-order valence-electron chi connectivity index (χ4n) is 1.99. The lowest BCUT2D eigenvalue weighted by atomic mass is 10.0. The molecule has 98 valence electrons. The van der Waals surface area contributed by atoms with Gasteiger partial charge in [0, 0.05) is 16.3 Å². The third-order valence-corrected chi connectivity index (χ3v) is 4.67. The molecule has 6 heteroatoms. The van der Waals surface area contributed by atoms with Crippen LogP contribution < -0.4 is 5.48 Å². The number of nitrogens with one attached hydrogen (secondary N) is 1. The second-order valence-electron chi connectivity index (χ2n) is 4.06. The van der Waals surface area contributed by atoms with E-state index in [1.54, 1.807) is 12.1 Å². The molecule has 0 aliphatic carbocycles. The van der Waals surface area contributed by atoms with Crippen LogP contribution in [-0.4, -0.2) is 21.3 Å². The highest BCUT2D eigenvalue weighted by Crippen LogP contribution is 2.32. The lowest BCUT2D eigenvalue weighted by molar-refractivity contribution is 0.121. The van der Waals surface area contributed by atoms with Gasteiger partial charge in [-0.3, -0.25) is 10.3 Å². The van der Waals surface area contributed by atoms with Crippen LogP contribution in [0.4, 0.5) is 0 Å². The van der Waals surface area contributed by atoms with E-state index in [0.29, 0.717) is 22.8 Å². The van der Waals surface area contributed by atoms with E-state index in [-0.39, 0.29) is 0 Å². The molecule has 0 spiro atoms. The van der Waals surface area contributed by atoms with Crippen LogP contribution in [0.1, 0.15) is 18.1 Å². The van der Waals surface area contributed by atoms with Crippen LogP contribution >= 0.6 is 15.9 Å². The number of hydrogen-bond acceptors (Lipinski definition) is 4. The summed E-state index contributed by atoms with van der Waals surface area (Å²) < 4.78 is 24.7. The molecule has 2 rings (SSSR count). The minimum absolute atomic E-state index is 0.326. The summed E-state index contributed by atoms with van der Waals surface area (Å²) in [6, 6.07) is 3.39. The molecule has 0 unspecified atom stereocenters. The Bertz CT molecular complexity index is 608. The van der Waals surface area contributed by atoms with Crippen molar-refractivity contribution < 1.29 is 13.3 Å². The van der Waals surface area contributed by atoms with Gasteiger partial charge < -0.3 is 0 Å². The monoisotopic (exact) mass is 331 g/mol. The van der Waals surface area contributed by atoms with Crippen LogP contribution in [0.15, 0.2) is 27.6 Å². The van der Waals surface area contributed by atoms with Crippen LogP contribution in [0.3, 0.4) is 0 Å². The number of rotatable bonds is 3. The zero-order valence-electron chi connectivity index (χ0n) is 10.2. The summed E-state index contributed by atoms with van der Waals surface area (Å²) in [4.78, 5) is 5.39. The minimum Gasteiger partial charge on any atom is -0.272 e. The summed E-state index contributed by atoms with van der Waals surface area (Å²) in [6.45, 7) is 2.43. The number of benzene rings is 1. The zero-order chi connectivity index (χ0) is 13.3. The molecular formula is C12H14BrNO3S. The fraction of sp³-hybridized carbons (Fsp3) is 0.333. The van der Waals surface area contributed by atoms with Crippen LogP contribution in [0.2, 0.25) is 0 Å². The number of hydroxylamine groups is 1. The Labute approximate surface area is 115 Å². The molecule has 1 N–H and O–H groups in total. The molecule has 0 saturated carbocycles. The first-order valence-electron chi connectivity index (χ1n) is 5.55. The molecule has 0 aromatic heterocycles. The predicted molar refractivity (Wildman–Crippen MR) is 73.7 cm³/mol. The van der Waals surface area contributed by atoms with Crippen LogP contribution in [0.5, 0.6) is 0 Å². The van der Waals surface area contributed by atoms with Gasteiger partial charge in [-0.15, -0.1) is 0 Å². The van der Waals surface area contributed by atoms with Crippen molar-refractivity contribution in [3.8, 4) is 0 Å². The topological polar surface area (TPSA) is 55.4 Å². The molecule has 1 aliphatic heterocycles. The molecule has 18 heavy (non-hydrogen) atoms. The van der Waals surface area contributed by atoms with Crippen LogP contribution in [-0.2, 0) is 21.1 Å². The minimum atomic E-state index is -3.28. The van der Waals surface area contributed by atoms with E-state index in [0.717, 1.165) is 16.5 Å². The summed E-state index contributed by atoms with van der Waals surface area (Å²) in [7, 11) is -3.28. The van der Waals surface area contributed by atoms with E-state index >= 15 is 0 Å². The Morgan fingerprint density at radius 3 is 2.67 bits per heavy atom. The molecule has 1 aromatic carbocycles.